The largest absolute Gasteiger partial charge is 0.497 e. The average molecular weight is 443 g/mol. The second-order valence-corrected chi connectivity index (χ2v) is 9.51. The van der Waals surface area contributed by atoms with Crippen molar-refractivity contribution in [2.75, 3.05) is 30.9 Å². The van der Waals surface area contributed by atoms with Crippen molar-refractivity contribution in [3.8, 4) is 5.75 Å². The number of hydrogen-bond donors (Lipinski definition) is 0. The molecule has 1 aromatic heterocycles. The molecule has 0 radical (unpaired) electrons. The van der Waals surface area contributed by atoms with Gasteiger partial charge >= 0.3 is 0 Å². The van der Waals surface area contributed by atoms with E-state index in [1.165, 1.54) is 22.9 Å². The molecular formula is C23H26N2O3S2. The standard InChI is InChI=1S/C23H26N2O3S2/c1-15-6-11-20-22(16(15)2)24-23(30-20)25(13-18-5-4-12-28-18)21(26)14-29-19-9-7-17(27-3)8-10-19/h6-11,18H,4-5,12-14H2,1-3H3. The number of rotatable bonds is 7. The highest BCUT2D eigenvalue weighted by atomic mass is 32.2. The Hall–Kier alpha value is -2.09. The van der Waals surface area contributed by atoms with Crippen molar-refractivity contribution in [3.63, 3.8) is 0 Å². The van der Waals surface area contributed by atoms with Crippen LogP contribution in [-0.2, 0) is 9.53 Å². The Morgan fingerprint density at radius 2 is 2.07 bits per heavy atom. The van der Waals surface area contributed by atoms with E-state index in [0.717, 1.165) is 45.4 Å². The molecule has 158 valence electrons. The number of hydrogen-bond acceptors (Lipinski definition) is 6. The first-order valence-electron chi connectivity index (χ1n) is 10.1. The molecule has 0 bridgehead atoms. The van der Waals surface area contributed by atoms with Crippen LogP contribution in [0.5, 0.6) is 5.75 Å². The van der Waals surface area contributed by atoms with E-state index < -0.39 is 0 Å². The highest BCUT2D eigenvalue weighted by Gasteiger charge is 2.26. The topological polar surface area (TPSA) is 51.7 Å². The molecule has 2 heterocycles. The van der Waals surface area contributed by atoms with Gasteiger partial charge in [0.05, 0.1) is 35.7 Å². The third-order valence-corrected chi connectivity index (χ3v) is 7.48. The third-order valence-electron chi connectivity index (χ3n) is 5.44. The molecule has 1 unspecified atom stereocenters. The van der Waals surface area contributed by atoms with E-state index in [9.17, 15) is 4.79 Å². The van der Waals surface area contributed by atoms with Gasteiger partial charge in [0, 0.05) is 11.5 Å². The van der Waals surface area contributed by atoms with Gasteiger partial charge in [-0.3, -0.25) is 9.69 Å². The van der Waals surface area contributed by atoms with Gasteiger partial charge < -0.3 is 9.47 Å². The number of thioether (sulfide) groups is 1. The predicted molar refractivity (Wildman–Crippen MR) is 124 cm³/mol. The molecule has 1 atom stereocenters. The predicted octanol–water partition coefficient (Wildman–Crippen LogP) is 5.23. The molecule has 1 aliphatic heterocycles. The van der Waals surface area contributed by atoms with E-state index in [2.05, 4.69) is 26.0 Å². The fourth-order valence-corrected chi connectivity index (χ4v) is 5.33. The summed E-state index contributed by atoms with van der Waals surface area (Å²) in [4.78, 5) is 21.0. The summed E-state index contributed by atoms with van der Waals surface area (Å²) in [5.41, 5.74) is 3.38. The van der Waals surface area contributed by atoms with E-state index in [4.69, 9.17) is 14.5 Å². The van der Waals surface area contributed by atoms with E-state index in [-0.39, 0.29) is 12.0 Å². The molecular weight excluding hydrogens is 416 g/mol. The number of anilines is 1. The summed E-state index contributed by atoms with van der Waals surface area (Å²) in [5.74, 6) is 1.22. The first-order valence-corrected chi connectivity index (χ1v) is 11.9. The maximum Gasteiger partial charge on any atom is 0.239 e. The van der Waals surface area contributed by atoms with Gasteiger partial charge in [0.1, 0.15) is 5.75 Å². The molecule has 30 heavy (non-hydrogen) atoms. The number of fused-ring (bicyclic) bond motifs is 1. The average Bonchev–Trinajstić information content (AvgIpc) is 3.43. The Kier molecular flexibility index (Phi) is 6.61. The lowest BCUT2D eigenvalue weighted by atomic mass is 10.1. The molecule has 4 rings (SSSR count). The second-order valence-electron chi connectivity index (χ2n) is 7.45. The van der Waals surface area contributed by atoms with Crippen LogP contribution in [0.3, 0.4) is 0 Å². The van der Waals surface area contributed by atoms with Crippen LogP contribution in [0.25, 0.3) is 10.2 Å². The maximum absolute atomic E-state index is 13.2. The Labute approximate surface area is 185 Å². The number of ether oxygens (including phenoxy) is 2. The quantitative estimate of drug-likeness (QED) is 0.469. The smallest absolute Gasteiger partial charge is 0.239 e. The number of carbonyl (C=O) groups excluding carboxylic acids is 1. The number of methoxy groups -OCH3 is 1. The van der Waals surface area contributed by atoms with Crippen LogP contribution < -0.4 is 9.64 Å². The van der Waals surface area contributed by atoms with Gasteiger partial charge in [-0.05, 0) is 68.1 Å². The molecule has 7 heteroatoms. The van der Waals surface area contributed by atoms with Gasteiger partial charge in [0.25, 0.3) is 0 Å². The highest BCUT2D eigenvalue weighted by Crippen LogP contribution is 2.33. The minimum absolute atomic E-state index is 0.0553. The Morgan fingerprint density at radius 3 is 2.77 bits per heavy atom. The van der Waals surface area contributed by atoms with Crippen LogP contribution in [0.15, 0.2) is 41.3 Å². The Balaban J connectivity index is 1.55. The summed E-state index contributed by atoms with van der Waals surface area (Å²) in [7, 11) is 1.65. The van der Waals surface area contributed by atoms with Gasteiger partial charge in [-0.15, -0.1) is 11.8 Å². The molecule has 1 aliphatic rings. The number of aryl methyl sites for hydroxylation is 2. The van der Waals surface area contributed by atoms with Gasteiger partial charge in [0.15, 0.2) is 5.13 Å². The fourth-order valence-electron chi connectivity index (χ4n) is 3.50. The number of benzene rings is 2. The van der Waals surface area contributed by atoms with E-state index in [1.54, 1.807) is 18.4 Å². The number of aromatic nitrogens is 1. The van der Waals surface area contributed by atoms with Crippen molar-refractivity contribution in [2.45, 2.75) is 37.7 Å². The number of nitrogens with zero attached hydrogens (tertiary/aromatic N) is 2. The molecule has 1 saturated heterocycles. The molecule has 2 aromatic carbocycles. The lowest BCUT2D eigenvalue weighted by Gasteiger charge is -2.23. The summed E-state index contributed by atoms with van der Waals surface area (Å²) in [6.07, 6.45) is 2.11. The van der Waals surface area contributed by atoms with Gasteiger partial charge in [-0.25, -0.2) is 4.98 Å². The fraction of sp³-hybridized carbons (Fsp3) is 0.391. The van der Waals surface area contributed by atoms with Crippen LogP contribution in [0.2, 0.25) is 0 Å². The summed E-state index contributed by atoms with van der Waals surface area (Å²) in [5, 5.41) is 0.759. The number of amides is 1. The minimum atomic E-state index is 0.0553. The first-order chi connectivity index (χ1) is 14.5. The summed E-state index contributed by atoms with van der Waals surface area (Å²) < 4.78 is 12.1. The lowest BCUT2D eigenvalue weighted by Crippen LogP contribution is -2.38. The normalized spacial score (nSPS) is 16.2. The summed E-state index contributed by atoms with van der Waals surface area (Å²) in [6.45, 7) is 5.51. The SMILES string of the molecule is COc1ccc(SCC(=O)N(CC2CCCO2)c2nc3c(C)c(C)ccc3s2)cc1. The molecule has 1 fully saturated rings. The van der Waals surface area contributed by atoms with Crippen LogP contribution >= 0.6 is 23.1 Å². The lowest BCUT2D eigenvalue weighted by molar-refractivity contribution is -0.116. The highest BCUT2D eigenvalue weighted by molar-refractivity contribution is 8.00. The van der Waals surface area contributed by atoms with E-state index >= 15 is 0 Å². The van der Waals surface area contributed by atoms with Crippen molar-refractivity contribution >= 4 is 44.4 Å². The molecule has 5 nitrogen and oxygen atoms in total. The molecule has 1 amide bonds. The molecule has 0 spiro atoms. The van der Waals surface area contributed by atoms with Crippen molar-refractivity contribution in [2.24, 2.45) is 0 Å². The Morgan fingerprint density at radius 1 is 1.27 bits per heavy atom. The van der Waals surface area contributed by atoms with E-state index in [0.29, 0.717) is 12.3 Å². The third kappa shape index (κ3) is 4.63. The van der Waals surface area contributed by atoms with Crippen LogP contribution in [0, 0.1) is 13.8 Å². The zero-order valence-corrected chi connectivity index (χ0v) is 19.1. The Bertz CT molecular complexity index is 1030. The zero-order chi connectivity index (χ0) is 21.1. The van der Waals surface area contributed by atoms with Crippen molar-refractivity contribution in [1.82, 2.24) is 4.98 Å². The van der Waals surface area contributed by atoms with Crippen LogP contribution in [-0.4, -0.2) is 43.0 Å². The molecule has 3 aromatic rings. The van der Waals surface area contributed by atoms with Crippen molar-refractivity contribution < 1.29 is 14.3 Å². The number of carbonyl (C=O) groups is 1. The van der Waals surface area contributed by atoms with Gasteiger partial charge in [-0.1, -0.05) is 17.4 Å². The second kappa shape index (κ2) is 9.37. The minimum Gasteiger partial charge on any atom is -0.497 e. The first kappa shape index (κ1) is 21.2. The summed E-state index contributed by atoms with van der Waals surface area (Å²) in [6, 6.07) is 12.0. The van der Waals surface area contributed by atoms with Gasteiger partial charge in [-0.2, -0.15) is 0 Å². The van der Waals surface area contributed by atoms with Crippen LogP contribution in [0.4, 0.5) is 5.13 Å². The molecule has 0 saturated carbocycles. The zero-order valence-electron chi connectivity index (χ0n) is 17.5. The van der Waals surface area contributed by atoms with Crippen molar-refractivity contribution in [1.29, 1.82) is 0 Å². The molecule has 0 aliphatic carbocycles. The van der Waals surface area contributed by atoms with Gasteiger partial charge in [0.2, 0.25) is 5.91 Å². The number of thiazole rings is 1. The van der Waals surface area contributed by atoms with Crippen molar-refractivity contribution in [3.05, 3.63) is 47.5 Å². The van der Waals surface area contributed by atoms with E-state index in [1.807, 2.05) is 29.2 Å². The monoisotopic (exact) mass is 442 g/mol. The molecule has 0 N–H and O–H groups in total. The maximum atomic E-state index is 13.2. The van der Waals surface area contributed by atoms with Crippen LogP contribution in [0.1, 0.15) is 24.0 Å². The summed E-state index contributed by atoms with van der Waals surface area (Å²) >= 11 is 3.11.